The van der Waals surface area contributed by atoms with E-state index in [2.05, 4.69) is 0 Å². The van der Waals surface area contributed by atoms with Crippen LogP contribution in [0.15, 0.2) is 0 Å². The lowest BCUT2D eigenvalue weighted by Gasteiger charge is -2.25. The van der Waals surface area contributed by atoms with Gasteiger partial charge in [0.1, 0.15) is 0 Å². The van der Waals surface area contributed by atoms with Gasteiger partial charge in [0.05, 0.1) is 0 Å². The first kappa shape index (κ1) is 9.20. The summed E-state index contributed by atoms with van der Waals surface area (Å²) in [5.41, 5.74) is 5.78. The zero-order valence-electron chi connectivity index (χ0n) is 7.08. The molecule has 0 saturated heterocycles. The molecule has 0 bridgehead atoms. The van der Waals surface area contributed by atoms with Gasteiger partial charge in [-0.05, 0) is 19.3 Å². The van der Waals surface area contributed by atoms with Gasteiger partial charge in [-0.2, -0.15) is 0 Å². The second-order valence-electron chi connectivity index (χ2n) is 3.22. The summed E-state index contributed by atoms with van der Waals surface area (Å²) in [6, 6.07) is 0.309. The van der Waals surface area contributed by atoms with Crippen LogP contribution in [-0.2, 0) is 10.8 Å². The summed E-state index contributed by atoms with van der Waals surface area (Å²) in [5.74, 6) is 0.789. The minimum absolute atomic E-state index is 0.309. The van der Waals surface area contributed by atoms with Crippen molar-refractivity contribution >= 4 is 10.8 Å². The molecule has 0 aromatic carbocycles. The summed E-state index contributed by atoms with van der Waals surface area (Å²) in [5, 5.41) is 0.392. The minimum atomic E-state index is -0.614. The molecule has 0 aliphatic heterocycles. The van der Waals surface area contributed by atoms with Gasteiger partial charge in [-0.3, -0.25) is 4.21 Å². The molecule has 66 valence electrons. The number of hydrogen-bond acceptors (Lipinski definition) is 2. The molecular formula is C8H17NOS. The largest absolute Gasteiger partial charge is 0.328 e. The van der Waals surface area contributed by atoms with E-state index in [-0.39, 0.29) is 0 Å². The zero-order chi connectivity index (χ0) is 8.27. The van der Waals surface area contributed by atoms with Gasteiger partial charge in [0, 0.05) is 27.8 Å². The van der Waals surface area contributed by atoms with Crippen LogP contribution < -0.4 is 5.73 Å². The highest BCUT2D eigenvalue weighted by atomic mass is 32.2. The van der Waals surface area contributed by atoms with Crippen molar-refractivity contribution in [3.8, 4) is 0 Å². The van der Waals surface area contributed by atoms with Gasteiger partial charge in [0.2, 0.25) is 0 Å². The Bertz CT molecular complexity index is 149. The Labute approximate surface area is 71.0 Å². The lowest BCUT2D eigenvalue weighted by atomic mass is 9.96. The molecule has 0 aromatic rings. The molecule has 0 heterocycles. The molecule has 1 aliphatic carbocycles. The monoisotopic (exact) mass is 175 g/mol. The van der Waals surface area contributed by atoms with Crippen LogP contribution in [0.4, 0.5) is 0 Å². The molecule has 1 saturated carbocycles. The van der Waals surface area contributed by atoms with Crippen molar-refractivity contribution in [3.05, 3.63) is 0 Å². The highest BCUT2D eigenvalue weighted by Gasteiger charge is 2.22. The minimum Gasteiger partial charge on any atom is -0.328 e. The summed E-state index contributed by atoms with van der Waals surface area (Å²) in [6.07, 6.45) is 4.38. The van der Waals surface area contributed by atoms with Crippen molar-refractivity contribution in [3.63, 3.8) is 0 Å². The van der Waals surface area contributed by atoms with Gasteiger partial charge in [0.15, 0.2) is 0 Å². The van der Waals surface area contributed by atoms with Crippen LogP contribution in [-0.4, -0.2) is 21.3 Å². The first-order chi connectivity index (χ1) is 5.24. The number of nitrogens with two attached hydrogens (primary N) is 1. The first-order valence-corrected chi connectivity index (χ1v) is 5.75. The summed E-state index contributed by atoms with van der Waals surface area (Å²) < 4.78 is 11.4. The van der Waals surface area contributed by atoms with Crippen LogP contribution in [0.1, 0.15) is 32.6 Å². The zero-order valence-corrected chi connectivity index (χ0v) is 7.90. The molecule has 0 aromatic heterocycles. The third-order valence-electron chi connectivity index (χ3n) is 2.32. The molecule has 1 fully saturated rings. The molecule has 0 amide bonds. The fourth-order valence-electron chi connectivity index (χ4n) is 1.66. The van der Waals surface area contributed by atoms with Crippen molar-refractivity contribution in [2.24, 2.45) is 5.73 Å². The van der Waals surface area contributed by atoms with Crippen LogP contribution in [0, 0.1) is 0 Å². The molecule has 2 N–H and O–H groups in total. The quantitative estimate of drug-likeness (QED) is 0.681. The van der Waals surface area contributed by atoms with Crippen LogP contribution in [0.5, 0.6) is 0 Å². The molecule has 3 heteroatoms. The highest BCUT2D eigenvalue weighted by Crippen LogP contribution is 2.21. The number of rotatable bonds is 2. The fourth-order valence-corrected chi connectivity index (χ4v) is 3.02. The Morgan fingerprint density at radius 2 is 2.27 bits per heavy atom. The van der Waals surface area contributed by atoms with Crippen LogP contribution in [0.25, 0.3) is 0 Å². The molecule has 11 heavy (non-hydrogen) atoms. The van der Waals surface area contributed by atoms with Crippen LogP contribution in [0.2, 0.25) is 0 Å². The maximum absolute atomic E-state index is 11.4. The Morgan fingerprint density at radius 3 is 2.82 bits per heavy atom. The molecule has 1 aliphatic rings. The van der Waals surface area contributed by atoms with Crippen molar-refractivity contribution < 1.29 is 4.21 Å². The maximum atomic E-state index is 11.4. The lowest BCUT2D eigenvalue weighted by molar-refractivity contribution is 0.444. The smallest absolute Gasteiger partial charge is 0.0362 e. The van der Waals surface area contributed by atoms with E-state index >= 15 is 0 Å². The number of hydrogen-bond donors (Lipinski definition) is 1. The normalized spacial score (nSPS) is 35.1. The third-order valence-corrected chi connectivity index (χ3v) is 4.06. The average molecular weight is 175 g/mol. The molecule has 0 radical (unpaired) electrons. The fraction of sp³-hybridized carbons (Fsp3) is 1.00. The van der Waals surface area contributed by atoms with Gasteiger partial charge in [-0.15, -0.1) is 0 Å². The standard InChI is InChI=1S/C8H17NOS/c1-2-11(10)8-5-3-4-7(9)6-8/h7-8H,2-6,9H2,1H3/t7-,8+,11-/m0/s1. The van der Waals surface area contributed by atoms with Crippen molar-refractivity contribution in [1.29, 1.82) is 0 Å². The van der Waals surface area contributed by atoms with E-state index < -0.39 is 10.8 Å². The van der Waals surface area contributed by atoms with Crippen molar-refractivity contribution in [1.82, 2.24) is 0 Å². The highest BCUT2D eigenvalue weighted by molar-refractivity contribution is 7.85. The van der Waals surface area contributed by atoms with E-state index in [0.29, 0.717) is 11.3 Å². The van der Waals surface area contributed by atoms with Crippen LogP contribution in [0.3, 0.4) is 0 Å². The second-order valence-corrected chi connectivity index (χ2v) is 5.22. The Hall–Kier alpha value is 0.110. The summed E-state index contributed by atoms with van der Waals surface area (Å²) >= 11 is 0. The SMILES string of the molecule is CC[S@](=O)[C@@H]1CCC[C@H](N)C1. The Kier molecular flexibility index (Phi) is 3.52. The molecule has 2 nitrogen and oxygen atoms in total. The predicted molar refractivity (Wildman–Crippen MR) is 48.9 cm³/mol. The van der Waals surface area contributed by atoms with Gasteiger partial charge < -0.3 is 5.73 Å². The van der Waals surface area contributed by atoms with E-state index in [0.717, 1.165) is 31.4 Å². The second kappa shape index (κ2) is 4.21. The lowest BCUT2D eigenvalue weighted by Crippen LogP contribution is -2.33. The van der Waals surface area contributed by atoms with Gasteiger partial charge in [-0.25, -0.2) is 0 Å². The summed E-state index contributed by atoms with van der Waals surface area (Å²) in [7, 11) is -0.614. The molecule has 3 atom stereocenters. The maximum Gasteiger partial charge on any atom is 0.0362 e. The Morgan fingerprint density at radius 1 is 1.55 bits per heavy atom. The first-order valence-electron chi connectivity index (χ1n) is 4.36. The van der Waals surface area contributed by atoms with Crippen LogP contribution >= 0.6 is 0 Å². The van der Waals surface area contributed by atoms with Crippen molar-refractivity contribution in [2.75, 3.05) is 5.75 Å². The average Bonchev–Trinajstić information content (AvgIpc) is 2.03. The summed E-state index contributed by atoms with van der Waals surface area (Å²) in [4.78, 5) is 0. The van der Waals surface area contributed by atoms with Gasteiger partial charge in [0.25, 0.3) is 0 Å². The van der Waals surface area contributed by atoms with E-state index in [1.165, 1.54) is 0 Å². The topological polar surface area (TPSA) is 43.1 Å². The molecule has 1 rings (SSSR count). The van der Waals surface area contributed by atoms with Gasteiger partial charge >= 0.3 is 0 Å². The van der Waals surface area contributed by atoms with E-state index in [1.54, 1.807) is 0 Å². The van der Waals surface area contributed by atoms with E-state index in [1.807, 2.05) is 6.92 Å². The van der Waals surface area contributed by atoms with E-state index in [4.69, 9.17) is 5.73 Å². The Balaban J connectivity index is 2.39. The third kappa shape index (κ3) is 2.56. The van der Waals surface area contributed by atoms with E-state index in [9.17, 15) is 4.21 Å². The predicted octanol–water partition coefficient (Wildman–Crippen LogP) is 1.02. The van der Waals surface area contributed by atoms with Gasteiger partial charge in [-0.1, -0.05) is 13.3 Å². The molecular weight excluding hydrogens is 158 g/mol. The molecule has 0 spiro atoms. The molecule has 0 unspecified atom stereocenters. The summed E-state index contributed by atoms with van der Waals surface area (Å²) in [6.45, 7) is 1.98. The van der Waals surface area contributed by atoms with Crippen molar-refractivity contribution in [2.45, 2.75) is 43.9 Å².